The predicted molar refractivity (Wildman–Crippen MR) is 141 cm³/mol. The summed E-state index contributed by atoms with van der Waals surface area (Å²) in [6, 6.07) is 20.8. The highest BCUT2D eigenvalue weighted by molar-refractivity contribution is 5.91. The molecule has 1 aliphatic carbocycles. The fraction of sp³-hybridized carbons (Fsp3) is 0.258. The van der Waals surface area contributed by atoms with Crippen LogP contribution in [0.4, 0.5) is 13.2 Å². The van der Waals surface area contributed by atoms with Gasteiger partial charge in [0, 0.05) is 12.3 Å². The van der Waals surface area contributed by atoms with Crippen LogP contribution in [0.3, 0.4) is 0 Å². The standard InChI is InChI=1S/C31H27F3O6/c32-31(33,34)24-7-4-8-26(18-24)39-19-25(35)14-15-27-23(17-29(36)37)13-16-28(27)40-30(38)22-11-9-21(10-12-22)20-5-2-1-3-6-20/h1-12,14-15,18,23,27-28H,13,16-17,19H2,(H,36,37)/b15-14+/t23-,27-,28-/m1/s1. The SMILES string of the molecule is O=C(O)C[C@H]1CC[C@@H](OC(=O)c2ccc(-c3ccccc3)cc2)[C@@H]1/C=C/C(=O)COc1cccc(C(F)(F)F)c1. The Bertz CT molecular complexity index is 1370. The zero-order valence-corrected chi connectivity index (χ0v) is 21.3. The van der Waals surface area contributed by atoms with Crippen molar-refractivity contribution in [2.75, 3.05) is 6.61 Å². The maximum absolute atomic E-state index is 12.9. The Labute approximate surface area is 229 Å². The second kappa shape index (κ2) is 12.6. The molecule has 6 nitrogen and oxygen atoms in total. The molecule has 9 heteroatoms. The van der Waals surface area contributed by atoms with Crippen LogP contribution in [0.5, 0.6) is 5.75 Å². The van der Waals surface area contributed by atoms with Crippen LogP contribution in [-0.2, 0) is 20.5 Å². The number of alkyl halides is 3. The molecular formula is C31H27F3O6. The molecule has 0 bridgehead atoms. The molecule has 0 saturated heterocycles. The molecule has 0 aliphatic heterocycles. The predicted octanol–water partition coefficient (Wildman–Crippen LogP) is 6.60. The maximum atomic E-state index is 12.9. The van der Waals surface area contributed by atoms with Gasteiger partial charge < -0.3 is 14.6 Å². The van der Waals surface area contributed by atoms with Crippen LogP contribution in [0.2, 0.25) is 0 Å². The van der Waals surface area contributed by atoms with Gasteiger partial charge in [-0.25, -0.2) is 4.79 Å². The molecule has 3 aromatic rings. The molecule has 0 spiro atoms. The first-order valence-electron chi connectivity index (χ1n) is 12.7. The summed E-state index contributed by atoms with van der Waals surface area (Å²) in [5, 5.41) is 9.33. The van der Waals surface area contributed by atoms with Crippen LogP contribution in [-0.4, -0.2) is 35.5 Å². The summed E-state index contributed by atoms with van der Waals surface area (Å²) in [4.78, 5) is 36.7. The smallest absolute Gasteiger partial charge is 0.416 e. The minimum absolute atomic E-state index is 0.105. The second-order valence-electron chi connectivity index (χ2n) is 9.54. The van der Waals surface area contributed by atoms with E-state index < -0.39 is 48.1 Å². The molecule has 1 fully saturated rings. The summed E-state index contributed by atoms with van der Waals surface area (Å²) in [7, 11) is 0. The van der Waals surface area contributed by atoms with E-state index in [9.17, 15) is 32.7 Å². The van der Waals surface area contributed by atoms with Crippen molar-refractivity contribution in [2.24, 2.45) is 11.8 Å². The third kappa shape index (κ3) is 7.59. The van der Waals surface area contributed by atoms with Gasteiger partial charge in [-0.2, -0.15) is 13.2 Å². The zero-order chi connectivity index (χ0) is 28.7. The van der Waals surface area contributed by atoms with Gasteiger partial charge in [-0.3, -0.25) is 9.59 Å². The summed E-state index contributed by atoms with van der Waals surface area (Å²) >= 11 is 0. The monoisotopic (exact) mass is 552 g/mol. The minimum Gasteiger partial charge on any atom is -0.485 e. The van der Waals surface area contributed by atoms with Gasteiger partial charge in [0.15, 0.2) is 12.4 Å². The van der Waals surface area contributed by atoms with Crippen LogP contribution in [0.15, 0.2) is 91.0 Å². The van der Waals surface area contributed by atoms with Crippen molar-refractivity contribution in [1.29, 1.82) is 0 Å². The first-order valence-corrected chi connectivity index (χ1v) is 12.7. The average molecular weight is 553 g/mol. The first kappa shape index (κ1) is 28.6. The molecule has 40 heavy (non-hydrogen) atoms. The van der Waals surface area contributed by atoms with E-state index in [2.05, 4.69) is 0 Å². The van der Waals surface area contributed by atoms with Crippen molar-refractivity contribution in [3.8, 4) is 16.9 Å². The zero-order valence-electron chi connectivity index (χ0n) is 21.3. The van der Waals surface area contributed by atoms with E-state index in [-0.39, 0.29) is 18.1 Å². The van der Waals surface area contributed by atoms with Crippen LogP contribution < -0.4 is 4.74 Å². The van der Waals surface area contributed by atoms with Crippen LogP contribution in [0.1, 0.15) is 35.2 Å². The highest BCUT2D eigenvalue weighted by atomic mass is 19.4. The molecule has 1 saturated carbocycles. The minimum atomic E-state index is -4.54. The number of ketones is 1. The van der Waals surface area contributed by atoms with Gasteiger partial charge in [-0.1, -0.05) is 54.6 Å². The van der Waals surface area contributed by atoms with Crippen molar-refractivity contribution in [2.45, 2.75) is 31.5 Å². The first-order chi connectivity index (χ1) is 19.1. The van der Waals surface area contributed by atoms with E-state index in [0.29, 0.717) is 18.4 Å². The third-order valence-electron chi connectivity index (χ3n) is 6.77. The summed E-state index contributed by atoms with van der Waals surface area (Å²) in [5.74, 6) is -3.08. The Hall–Kier alpha value is -4.40. The molecule has 4 rings (SSSR count). The summed E-state index contributed by atoms with van der Waals surface area (Å²) in [6.45, 7) is -0.508. The molecule has 1 N–H and O–H groups in total. The Morgan fingerprint density at radius 3 is 2.27 bits per heavy atom. The van der Waals surface area contributed by atoms with Gasteiger partial charge in [0.2, 0.25) is 0 Å². The molecule has 0 amide bonds. The molecule has 1 aliphatic rings. The molecule has 0 aromatic heterocycles. The van der Waals surface area contributed by atoms with Crippen LogP contribution >= 0.6 is 0 Å². The molecule has 0 unspecified atom stereocenters. The molecule has 3 atom stereocenters. The Morgan fingerprint density at radius 2 is 1.60 bits per heavy atom. The van der Waals surface area contributed by atoms with Crippen LogP contribution in [0, 0.1) is 11.8 Å². The number of aliphatic carboxylic acids is 1. The van der Waals surface area contributed by atoms with Crippen molar-refractivity contribution in [1.82, 2.24) is 0 Å². The number of ether oxygens (including phenoxy) is 2. The van der Waals surface area contributed by atoms with Gasteiger partial charge in [0.05, 0.1) is 11.1 Å². The lowest BCUT2D eigenvalue weighted by Crippen LogP contribution is -2.25. The van der Waals surface area contributed by atoms with Crippen molar-refractivity contribution in [3.63, 3.8) is 0 Å². The molecule has 0 heterocycles. The van der Waals surface area contributed by atoms with Gasteiger partial charge in [-0.05, 0) is 66.3 Å². The number of hydrogen-bond donors (Lipinski definition) is 1. The fourth-order valence-corrected chi connectivity index (χ4v) is 4.77. The van der Waals surface area contributed by atoms with E-state index >= 15 is 0 Å². The number of carboxylic acids is 1. The van der Waals surface area contributed by atoms with Gasteiger partial charge >= 0.3 is 18.1 Å². The number of carbonyl (C=O) groups is 3. The van der Waals surface area contributed by atoms with E-state index in [0.717, 1.165) is 23.3 Å². The average Bonchev–Trinajstić information content (AvgIpc) is 3.30. The lowest BCUT2D eigenvalue weighted by Gasteiger charge is -2.21. The van der Waals surface area contributed by atoms with Gasteiger partial charge in [0.25, 0.3) is 0 Å². The second-order valence-corrected chi connectivity index (χ2v) is 9.54. The number of hydrogen-bond acceptors (Lipinski definition) is 5. The highest BCUT2D eigenvalue weighted by Gasteiger charge is 2.38. The fourth-order valence-electron chi connectivity index (χ4n) is 4.77. The summed E-state index contributed by atoms with van der Waals surface area (Å²) in [5.41, 5.74) is 1.39. The summed E-state index contributed by atoms with van der Waals surface area (Å²) < 4.78 is 49.7. The van der Waals surface area contributed by atoms with E-state index in [4.69, 9.17) is 9.47 Å². The number of carbonyl (C=O) groups excluding carboxylic acids is 2. The van der Waals surface area contributed by atoms with Crippen molar-refractivity contribution < 1.29 is 42.1 Å². The van der Waals surface area contributed by atoms with Gasteiger partial charge in [0.1, 0.15) is 11.9 Å². The Kier molecular flexibility index (Phi) is 9.04. The number of halogens is 3. The highest BCUT2D eigenvalue weighted by Crippen LogP contribution is 2.38. The van der Waals surface area contributed by atoms with Crippen molar-refractivity contribution >= 4 is 17.7 Å². The molecule has 0 radical (unpaired) electrons. The topological polar surface area (TPSA) is 89.9 Å². The number of carboxylic acid groups (broad SMARTS) is 1. The molecule has 208 valence electrons. The van der Waals surface area contributed by atoms with E-state index in [1.165, 1.54) is 24.3 Å². The Balaban J connectivity index is 1.40. The number of esters is 1. The molecular weight excluding hydrogens is 525 g/mol. The lowest BCUT2D eigenvalue weighted by molar-refractivity contribution is -0.139. The van der Waals surface area contributed by atoms with Gasteiger partial charge in [-0.15, -0.1) is 0 Å². The van der Waals surface area contributed by atoms with E-state index in [1.54, 1.807) is 12.1 Å². The number of benzene rings is 3. The maximum Gasteiger partial charge on any atom is 0.416 e. The van der Waals surface area contributed by atoms with Crippen molar-refractivity contribution in [3.05, 3.63) is 102 Å². The van der Waals surface area contributed by atoms with Crippen LogP contribution in [0.25, 0.3) is 11.1 Å². The third-order valence-corrected chi connectivity index (χ3v) is 6.77. The summed E-state index contributed by atoms with van der Waals surface area (Å²) in [6.07, 6.45) is -1.72. The Morgan fingerprint density at radius 1 is 0.900 bits per heavy atom. The normalized spacial score (nSPS) is 18.9. The lowest BCUT2D eigenvalue weighted by atomic mass is 9.91. The largest absolute Gasteiger partial charge is 0.485 e. The van der Waals surface area contributed by atoms with E-state index in [1.807, 2.05) is 42.5 Å². The quantitative estimate of drug-likeness (QED) is 0.225. The molecule has 3 aromatic carbocycles. The number of rotatable bonds is 10.